The monoisotopic (exact) mass is 686 g/mol. The van der Waals surface area contributed by atoms with Crippen LogP contribution < -0.4 is 19.1 Å². The molecule has 0 aromatic heterocycles. The lowest BCUT2D eigenvalue weighted by Crippen LogP contribution is -2.67. The number of nitrogens with zero attached hydrogens (tertiary/aromatic N) is 2. The Bertz CT molecular complexity index is 1560. The van der Waals surface area contributed by atoms with Gasteiger partial charge >= 0.3 is 0 Å². The normalized spacial score (nSPS) is 18.2. The molecular weight excluding hydrogens is 670 g/mol. The van der Waals surface area contributed by atoms with Gasteiger partial charge in [0.05, 0.1) is 58.6 Å². The first-order chi connectivity index (χ1) is 19.0. The van der Waals surface area contributed by atoms with E-state index in [4.69, 9.17) is 60.6 Å². The van der Waals surface area contributed by atoms with Gasteiger partial charge in [-0.1, -0.05) is 62.3 Å². The molecular formula is C27H19BrCl4N2O6. The number of halogens is 5. The van der Waals surface area contributed by atoms with E-state index in [9.17, 15) is 14.4 Å². The number of β-lactam (4-membered cyclic amide) rings is 1. The molecule has 0 saturated carbocycles. The van der Waals surface area contributed by atoms with Crippen molar-refractivity contribution in [3.05, 3.63) is 77.1 Å². The van der Waals surface area contributed by atoms with Crippen LogP contribution in [-0.2, 0) is 4.79 Å². The Morgan fingerprint density at radius 2 is 1.25 bits per heavy atom. The number of fused-ring (bicyclic) bond motifs is 1. The summed E-state index contributed by atoms with van der Waals surface area (Å²) in [5.41, 5.74) is 1.53. The van der Waals surface area contributed by atoms with Crippen LogP contribution >= 0.6 is 62.3 Å². The topological polar surface area (TPSA) is 85.4 Å². The maximum Gasteiger partial charge on any atom is 0.264 e. The summed E-state index contributed by atoms with van der Waals surface area (Å²) in [6.45, 7) is 1.88. The molecule has 0 spiro atoms. The first-order valence-electron chi connectivity index (χ1n) is 11.6. The van der Waals surface area contributed by atoms with E-state index in [1.54, 1.807) is 18.2 Å². The van der Waals surface area contributed by atoms with Crippen molar-refractivity contribution in [2.45, 2.75) is 19.0 Å². The van der Waals surface area contributed by atoms with Crippen LogP contribution in [-0.4, -0.2) is 50.0 Å². The SMILES string of the molecule is COc1cc([C@H]2[C@@H](N3C(=O)c4c(Cl)c(Cl)c(Cl)c(Cl)c4C3=O)C(=O)N2c2ccc(Br)c(C)c2)cc(OC)c1OC. The van der Waals surface area contributed by atoms with Crippen molar-refractivity contribution in [2.24, 2.45) is 0 Å². The lowest BCUT2D eigenvalue weighted by molar-refractivity contribution is -0.130. The number of ether oxygens (including phenoxy) is 3. The molecule has 8 nitrogen and oxygen atoms in total. The molecule has 0 unspecified atom stereocenters. The summed E-state index contributed by atoms with van der Waals surface area (Å²) >= 11 is 28.5. The van der Waals surface area contributed by atoms with Gasteiger partial charge in [-0.25, -0.2) is 0 Å². The molecule has 0 bridgehead atoms. The number of carbonyl (C=O) groups is 3. The second kappa shape index (κ2) is 10.6. The summed E-state index contributed by atoms with van der Waals surface area (Å²) in [7, 11) is 4.39. The van der Waals surface area contributed by atoms with Crippen LogP contribution in [0.1, 0.15) is 37.9 Å². The standard InChI is InChI=1S/C27H19BrCl4N2O6/c1-10-7-12(5-6-13(10)28)33-22(11-8-14(38-2)24(40-4)15(9-11)39-3)23(27(33)37)34-25(35)16-17(26(34)36)19(30)21(32)20(31)18(16)29/h5-9,22-23H,1-4H3/t22-,23+/m0/s1. The zero-order valence-electron chi connectivity index (χ0n) is 21.3. The highest BCUT2D eigenvalue weighted by Crippen LogP contribution is 2.51. The highest BCUT2D eigenvalue weighted by Gasteiger charge is 2.58. The average molecular weight is 689 g/mol. The Labute approximate surface area is 257 Å². The molecule has 0 radical (unpaired) electrons. The zero-order valence-corrected chi connectivity index (χ0v) is 25.9. The maximum absolute atomic E-state index is 13.9. The van der Waals surface area contributed by atoms with Crippen molar-refractivity contribution in [1.29, 1.82) is 0 Å². The number of anilines is 1. The zero-order chi connectivity index (χ0) is 29.2. The number of methoxy groups -OCH3 is 3. The largest absolute Gasteiger partial charge is 0.493 e. The lowest BCUT2D eigenvalue weighted by atomic mass is 9.85. The molecule has 2 aliphatic rings. The van der Waals surface area contributed by atoms with Gasteiger partial charge in [-0.15, -0.1) is 0 Å². The predicted octanol–water partition coefficient (Wildman–Crippen LogP) is 7.15. The molecule has 2 heterocycles. The second-order valence-corrected chi connectivity index (χ2v) is 11.3. The number of rotatable bonds is 6. The molecule has 5 rings (SSSR count). The van der Waals surface area contributed by atoms with Crippen LogP contribution in [0.5, 0.6) is 17.2 Å². The van der Waals surface area contributed by atoms with Gasteiger partial charge in [0, 0.05) is 10.2 Å². The summed E-state index contributed by atoms with van der Waals surface area (Å²) < 4.78 is 17.4. The van der Waals surface area contributed by atoms with Crippen LogP contribution in [0.15, 0.2) is 34.8 Å². The molecule has 208 valence electrons. The minimum atomic E-state index is -1.26. The Morgan fingerprint density at radius 3 is 1.70 bits per heavy atom. The highest BCUT2D eigenvalue weighted by atomic mass is 79.9. The molecule has 1 fully saturated rings. The van der Waals surface area contributed by atoms with Gasteiger partial charge in [-0.2, -0.15) is 0 Å². The molecule has 3 aromatic rings. The third-order valence-electron chi connectivity index (χ3n) is 6.93. The summed E-state index contributed by atoms with van der Waals surface area (Å²) in [5.74, 6) is -1.13. The number of aryl methyl sites for hydroxylation is 1. The second-order valence-electron chi connectivity index (χ2n) is 8.98. The van der Waals surface area contributed by atoms with E-state index >= 15 is 0 Å². The third kappa shape index (κ3) is 4.13. The highest BCUT2D eigenvalue weighted by molar-refractivity contribution is 9.10. The number of amides is 3. The average Bonchev–Trinajstić information content (AvgIpc) is 3.19. The summed E-state index contributed by atoms with van der Waals surface area (Å²) in [5, 5.41) is -0.766. The number of imide groups is 1. The molecule has 2 aliphatic heterocycles. The van der Waals surface area contributed by atoms with Gasteiger partial charge in [-0.3, -0.25) is 19.3 Å². The van der Waals surface area contributed by atoms with E-state index in [1.165, 1.54) is 26.2 Å². The minimum Gasteiger partial charge on any atom is -0.493 e. The Morgan fingerprint density at radius 1 is 0.725 bits per heavy atom. The van der Waals surface area contributed by atoms with Crippen molar-refractivity contribution < 1.29 is 28.6 Å². The smallest absolute Gasteiger partial charge is 0.264 e. The molecule has 13 heteroatoms. The van der Waals surface area contributed by atoms with Crippen LogP contribution in [0.25, 0.3) is 0 Å². The van der Waals surface area contributed by atoms with Crippen LogP contribution in [0.3, 0.4) is 0 Å². The first-order valence-corrected chi connectivity index (χ1v) is 13.9. The third-order valence-corrected chi connectivity index (χ3v) is 9.62. The molecule has 40 heavy (non-hydrogen) atoms. The number of hydrogen-bond acceptors (Lipinski definition) is 6. The quantitative estimate of drug-likeness (QED) is 0.118. The van der Waals surface area contributed by atoms with Gasteiger partial charge in [0.15, 0.2) is 11.5 Å². The Balaban J connectivity index is 1.70. The minimum absolute atomic E-state index is 0.164. The Hall–Kier alpha value is -2.69. The molecule has 2 atom stereocenters. The van der Waals surface area contributed by atoms with Gasteiger partial charge in [0.25, 0.3) is 17.7 Å². The first kappa shape index (κ1) is 28.8. The number of benzene rings is 3. The van der Waals surface area contributed by atoms with Crippen molar-refractivity contribution in [3.8, 4) is 17.2 Å². The van der Waals surface area contributed by atoms with Gasteiger partial charge < -0.3 is 19.1 Å². The summed E-state index contributed by atoms with van der Waals surface area (Å²) in [6.07, 6.45) is 0. The fourth-order valence-electron chi connectivity index (χ4n) is 5.01. The van der Waals surface area contributed by atoms with E-state index in [2.05, 4.69) is 15.9 Å². The fraction of sp³-hybridized carbons (Fsp3) is 0.222. The Kier molecular flexibility index (Phi) is 7.65. The van der Waals surface area contributed by atoms with E-state index in [0.717, 1.165) is 14.9 Å². The van der Waals surface area contributed by atoms with Crippen molar-refractivity contribution in [1.82, 2.24) is 4.90 Å². The molecule has 0 aliphatic carbocycles. The van der Waals surface area contributed by atoms with E-state index < -0.39 is 29.8 Å². The molecule has 3 aromatic carbocycles. The molecule has 1 saturated heterocycles. The van der Waals surface area contributed by atoms with Crippen LogP contribution in [0, 0.1) is 6.92 Å². The van der Waals surface area contributed by atoms with Gasteiger partial charge in [0.2, 0.25) is 5.75 Å². The molecule has 0 N–H and O–H groups in total. The summed E-state index contributed by atoms with van der Waals surface area (Å²) in [6, 6.07) is 6.61. The van der Waals surface area contributed by atoms with Crippen molar-refractivity contribution >= 4 is 85.7 Å². The van der Waals surface area contributed by atoms with Gasteiger partial charge in [-0.05, 0) is 48.4 Å². The van der Waals surface area contributed by atoms with Crippen molar-refractivity contribution in [3.63, 3.8) is 0 Å². The van der Waals surface area contributed by atoms with E-state index in [0.29, 0.717) is 28.5 Å². The van der Waals surface area contributed by atoms with Crippen LogP contribution in [0.2, 0.25) is 20.1 Å². The maximum atomic E-state index is 13.9. The van der Waals surface area contributed by atoms with Crippen molar-refractivity contribution in [2.75, 3.05) is 26.2 Å². The van der Waals surface area contributed by atoms with E-state index in [1.807, 2.05) is 19.1 Å². The van der Waals surface area contributed by atoms with E-state index in [-0.39, 0.29) is 31.2 Å². The number of carbonyl (C=O) groups excluding carboxylic acids is 3. The van der Waals surface area contributed by atoms with Crippen LogP contribution in [0.4, 0.5) is 5.69 Å². The number of hydrogen-bond donors (Lipinski definition) is 0. The fourth-order valence-corrected chi connectivity index (χ4v) is 6.28. The lowest BCUT2D eigenvalue weighted by Gasteiger charge is -2.50. The predicted molar refractivity (Wildman–Crippen MR) is 156 cm³/mol. The molecule has 3 amide bonds. The summed E-state index contributed by atoms with van der Waals surface area (Å²) in [4.78, 5) is 43.6. The van der Waals surface area contributed by atoms with Gasteiger partial charge in [0.1, 0.15) is 6.04 Å².